The van der Waals surface area contributed by atoms with Gasteiger partial charge in [-0.15, -0.1) is 0 Å². The third-order valence-electron chi connectivity index (χ3n) is 3.85. The molecule has 0 bridgehead atoms. The molecule has 1 amide bonds. The Bertz CT molecular complexity index is 783. The fraction of sp³-hybridized carbons (Fsp3) is 0.263. The summed E-state index contributed by atoms with van der Waals surface area (Å²) in [4.78, 5) is 22.7. The molecule has 8 heteroatoms. The monoisotopic (exact) mass is 393 g/mol. The quantitative estimate of drug-likeness (QED) is 0.548. The number of hydrogen-bond donors (Lipinski definition) is 4. The molecule has 7 nitrogen and oxygen atoms in total. The van der Waals surface area contributed by atoms with Gasteiger partial charge in [0, 0.05) is 17.1 Å². The lowest BCUT2D eigenvalue weighted by Gasteiger charge is -2.19. The highest BCUT2D eigenvalue weighted by Crippen LogP contribution is 2.27. The number of ether oxygens (including phenoxy) is 1. The van der Waals surface area contributed by atoms with Gasteiger partial charge in [-0.2, -0.15) is 0 Å². The number of amides is 1. The first-order chi connectivity index (χ1) is 12.9. The van der Waals surface area contributed by atoms with Crippen molar-refractivity contribution in [2.75, 3.05) is 6.54 Å². The maximum atomic E-state index is 11.6. The number of benzene rings is 2. The minimum Gasteiger partial charge on any atom is -0.478 e. The van der Waals surface area contributed by atoms with E-state index in [4.69, 9.17) is 21.4 Å². The first-order valence-corrected chi connectivity index (χ1v) is 8.59. The second kappa shape index (κ2) is 9.91. The van der Waals surface area contributed by atoms with Crippen LogP contribution in [0.4, 0.5) is 4.79 Å². The van der Waals surface area contributed by atoms with Crippen molar-refractivity contribution in [2.24, 2.45) is 0 Å². The molecule has 2 aromatic carbocycles. The van der Waals surface area contributed by atoms with Gasteiger partial charge in [-0.1, -0.05) is 41.9 Å². The lowest BCUT2D eigenvalue weighted by atomic mass is 10.00. The van der Waals surface area contributed by atoms with Gasteiger partial charge < -0.3 is 25.4 Å². The number of halogens is 1. The lowest BCUT2D eigenvalue weighted by Crippen LogP contribution is -2.30. The molecule has 2 atom stereocenters. The maximum absolute atomic E-state index is 11.6. The van der Waals surface area contributed by atoms with E-state index in [2.05, 4.69) is 5.32 Å². The van der Waals surface area contributed by atoms with E-state index in [1.54, 1.807) is 0 Å². The second-order valence-electron chi connectivity index (χ2n) is 5.83. The number of alkyl carbamates (subject to hydrolysis) is 1. The van der Waals surface area contributed by atoms with Crippen molar-refractivity contribution < 1.29 is 29.6 Å². The first-order valence-electron chi connectivity index (χ1n) is 8.22. The molecule has 2 unspecified atom stereocenters. The maximum Gasteiger partial charge on any atom is 0.407 e. The van der Waals surface area contributed by atoms with Crippen molar-refractivity contribution in [3.63, 3.8) is 0 Å². The molecular weight excluding hydrogens is 374 g/mol. The van der Waals surface area contributed by atoms with Crippen molar-refractivity contribution in [1.29, 1.82) is 0 Å². The summed E-state index contributed by atoms with van der Waals surface area (Å²) >= 11 is 5.97. The average Bonchev–Trinajstić information content (AvgIpc) is 2.66. The van der Waals surface area contributed by atoms with Crippen LogP contribution >= 0.6 is 11.6 Å². The van der Waals surface area contributed by atoms with Crippen LogP contribution in [-0.4, -0.2) is 40.0 Å². The zero-order valence-electron chi connectivity index (χ0n) is 14.3. The number of hydrogen-bond acceptors (Lipinski definition) is 5. The molecule has 0 radical (unpaired) electrons. The topological polar surface area (TPSA) is 116 Å². The summed E-state index contributed by atoms with van der Waals surface area (Å²) in [6.07, 6.45) is -3.26. The third kappa shape index (κ3) is 6.25. The lowest BCUT2D eigenvalue weighted by molar-refractivity contribution is 0.0136. The summed E-state index contributed by atoms with van der Waals surface area (Å²) in [6, 6.07) is 13.0. The van der Waals surface area contributed by atoms with Crippen LogP contribution in [0.3, 0.4) is 0 Å². The number of rotatable bonds is 8. The molecule has 27 heavy (non-hydrogen) atoms. The summed E-state index contributed by atoms with van der Waals surface area (Å²) in [5, 5.41) is 31.9. The molecule has 0 aliphatic rings. The molecule has 2 aromatic rings. The van der Waals surface area contributed by atoms with E-state index >= 15 is 0 Å². The highest BCUT2D eigenvalue weighted by atomic mass is 35.5. The molecule has 0 saturated carbocycles. The fourth-order valence-electron chi connectivity index (χ4n) is 2.36. The van der Waals surface area contributed by atoms with Crippen molar-refractivity contribution in [2.45, 2.75) is 25.2 Å². The Kier molecular flexibility index (Phi) is 7.60. The van der Waals surface area contributed by atoms with Crippen LogP contribution in [0.25, 0.3) is 0 Å². The molecule has 144 valence electrons. The van der Waals surface area contributed by atoms with Gasteiger partial charge in [-0.25, -0.2) is 9.59 Å². The number of aromatic carboxylic acids is 1. The Morgan fingerprint density at radius 1 is 1.11 bits per heavy atom. The van der Waals surface area contributed by atoms with E-state index in [-0.39, 0.29) is 35.7 Å². The van der Waals surface area contributed by atoms with Gasteiger partial charge in [-0.3, -0.25) is 0 Å². The molecule has 0 aromatic heterocycles. The number of aliphatic hydroxyl groups excluding tert-OH is 2. The molecule has 0 fully saturated rings. The molecule has 0 aliphatic carbocycles. The first kappa shape index (κ1) is 20.7. The summed E-state index contributed by atoms with van der Waals surface area (Å²) in [5.74, 6) is -1.17. The van der Waals surface area contributed by atoms with E-state index < -0.39 is 24.3 Å². The van der Waals surface area contributed by atoms with Crippen molar-refractivity contribution >= 4 is 23.7 Å². The van der Waals surface area contributed by atoms with Crippen molar-refractivity contribution in [1.82, 2.24) is 5.32 Å². The number of aliphatic hydroxyl groups is 2. The summed E-state index contributed by atoms with van der Waals surface area (Å²) in [7, 11) is 0. The van der Waals surface area contributed by atoms with E-state index in [1.165, 1.54) is 18.2 Å². The molecule has 0 saturated heterocycles. The second-order valence-corrected chi connectivity index (χ2v) is 6.24. The van der Waals surface area contributed by atoms with E-state index in [0.29, 0.717) is 0 Å². The van der Waals surface area contributed by atoms with Gasteiger partial charge in [0.2, 0.25) is 0 Å². The SMILES string of the molecule is O=C(NCCC(O)C(O)c1cc(C(=O)O)ccc1Cl)OCc1ccccc1. The normalized spacial score (nSPS) is 12.9. The van der Waals surface area contributed by atoms with Crippen LogP contribution in [0.1, 0.15) is 34.0 Å². The van der Waals surface area contributed by atoms with Gasteiger partial charge in [0.1, 0.15) is 12.7 Å². The largest absolute Gasteiger partial charge is 0.478 e. The molecule has 0 spiro atoms. The summed E-state index contributed by atoms with van der Waals surface area (Å²) in [6.45, 7) is 0.178. The van der Waals surface area contributed by atoms with E-state index in [0.717, 1.165) is 5.56 Å². The average molecular weight is 394 g/mol. The van der Waals surface area contributed by atoms with Crippen LogP contribution in [0.5, 0.6) is 0 Å². The fourth-order valence-corrected chi connectivity index (χ4v) is 2.59. The number of nitrogens with one attached hydrogen (secondary N) is 1. The van der Waals surface area contributed by atoms with Crippen molar-refractivity contribution in [3.8, 4) is 0 Å². The van der Waals surface area contributed by atoms with Gasteiger partial charge >= 0.3 is 12.1 Å². The van der Waals surface area contributed by atoms with Gasteiger partial charge in [0.05, 0.1) is 11.7 Å². The molecule has 0 aliphatic heterocycles. The predicted octanol–water partition coefficient (Wildman–Crippen LogP) is 2.75. The Hall–Kier alpha value is -2.61. The van der Waals surface area contributed by atoms with Gasteiger partial charge in [0.25, 0.3) is 0 Å². The Balaban J connectivity index is 1.81. The van der Waals surface area contributed by atoms with Gasteiger partial charge in [-0.05, 0) is 30.2 Å². The number of carboxylic acid groups (broad SMARTS) is 1. The molecule has 4 N–H and O–H groups in total. The number of carboxylic acids is 1. The van der Waals surface area contributed by atoms with Crippen LogP contribution in [0, 0.1) is 0 Å². The zero-order chi connectivity index (χ0) is 19.8. The zero-order valence-corrected chi connectivity index (χ0v) is 15.1. The highest BCUT2D eigenvalue weighted by molar-refractivity contribution is 6.31. The molecular formula is C19H20ClNO6. The van der Waals surface area contributed by atoms with E-state index in [9.17, 15) is 19.8 Å². The summed E-state index contributed by atoms with van der Waals surface area (Å²) in [5.41, 5.74) is 0.898. The molecule has 0 heterocycles. The predicted molar refractivity (Wildman–Crippen MR) is 98.6 cm³/mol. The standard InChI is InChI=1S/C19H20ClNO6/c20-15-7-6-13(18(24)25)10-14(15)17(23)16(22)8-9-21-19(26)27-11-12-4-2-1-3-5-12/h1-7,10,16-17,22-23H,8-9,11H2,(H,21,26)(H,24,25). The third-order valence-corrected chi connectivity index (χ3v) is 4.19. The van der Waals surface area contributed by atoms with Crippen LogP contribution < -0.4 is 5.32 Å². The number of carbonyl (C=O) groups is 2. The van der Waals surface area contributed by atoms with E-state index in [1.807, 2.05) is 30.3 Å². The van der Waals surface area contributed by atoms with Crippen molar-refractivity contribution in [3.05, 3.63) is 70.2 Å². The Morgan fingerprint density at radius 3 is 2.48 bits per heavy atom. The Morgan fingerprint density at radius 2 is 1.81 bits per heavy atom. The minimum absolute atomic E-state index is 0.0230. The van der Waals surface area contributed by atoms with Crippen LogP contribution in [-0.2, 0) is 11.3 Å². The summed E-state index contributed by atoms with van der Waals surface area (Å²) < 4.78 is 5.04. The highest BCUT2D eigenvalue weighted by Gasteiger charge is 2.22. The number of carbonyl (C=O) groups excluding carboxylic acids is 1. The van der Waals surface area contributed by atoms with Crippen LogP contribution in [0.2, 0.25) is 5.02 Å². The van der Waals surface area contributed by atoms with Gasteiger partial charge in [0.15, 0.2) is 0 Å². The Labute approximate surface area is 161 Å². The van der Waals surface area contributed by atoms with Crippen LogP contribution in [0.15, 0.2) is 48.5 Å². The minimum atomic E-state index is -1.39. The molecule has 2 rings (SSSR count). The smallest absolute Gasteiger partial charge is 0.407 e.